The van der Waals surface area contributed by atoms with E-state index in [0.717, 1.165) is 5.82 Å². The maximum absolute atomic E-state index is 7.56. The highest BCUT2D eigenvalue weighted by molar-refractivity contribution is 5.97. The lowest BCUT2D eigenvalue weighted by molar-refractivity contribution is 0.743. The van der Waals surface area contributed by atoms with Crippen molar-refractivity contribution in [1.82, 2.24) is 14.5 Å². The molecule has 0 amide bonds. The number of imidazole rings is 1. The second kappa shape index (κ2) is 4.37. The third-order valence-electron chi connectivity index (χ3n) is 2.49. The van der Waals surface area contributed by atoms with Gasteiger partial charge < -0.3 is 5.73 Å². The molecule has 0 aliphatic rings. The van der Waals surface area contributed by atoms with Gasteiger partial charge in [0.15, 0.2) is 0 Å². The van der Waals surface area contributed by atoms with Crippen molar-refractivity contribution in [2.75, 3.05) is 0 Å². The molecule has 3 N–H and O–H groups in total. The van der Waals surface area contributed by atoms with Gasteiger partial charge >= 0.3 is 0 Å². The van der Waals surface area contributed by atoms with Gasteiger partial charge in [0.2, 0.25) is 0 Å². The Balaban J connectivity index is 2.60. The van der Waals surface area contributed by atoms with E-state index in [2.05, 4.69) is 23.8 Å². The van der Waals surface area contributed by atoms with E-state index in [9.17, 15) is 0 Å². The summed E-state index contributed by atoms with van der Waals surface area (Å²) in [5.74, 6) is 1.86. The van der Waals surface area contributed by atoms with Crippen LogP contribution in [0.15, 0.2) is 30.7 Å². The van der Waals surface area contributed by atoms with Crippen LogP contribution in [0.3, 0.4) is 0 Å². The second-order valence-corrected chi connectivity index (χ2v) is 4.10. The summed E-state index contributed by atoms with van der Waals surface area (Å²) < 4.78 is 1.88. The Morgan fingerprint density at radius 3 is 2.76 bits per heavy atom. The normalized spacial score (nSPS) is 10.8. The highest BCUT2D eigenvalue weighted by Crippen LogP contribution is 2.18. The number of aromatic nitrogens is 3. The van der Waals surface area contributed by atoms with Crippen molar-refractivity contribution in [3.05, 3.63) is 42.1 Å². The molecule has 0 bridgehead atoms. The molecule has 0 saturated carbocycles. The molecule has 17 heavy (non-hydrogen) atoms. The number of rotatable bonds is 3. The summed E-state index contributed by atoms with van der Waals surface area (Å²) >= 11 is 0. The van der Waals surface area contributed by atoms with Crippen LogP contribution in [-0.2, 0) is 0 Å². The zero-order chi connectivity index (χ0) is 12.4. The topological polar surface area (TPSA) is 80.6 Å². The van der Waals surface area contributed by atoms with E-state index < -0.39 is 0 Å². The summed E-state index contributed by atoms with van der Waals surface area (Å²) in [5, 5.41) is 7.56. The SMILES string of the molecule is CC(C)c1nccn1-c1ncccc1C(=N)N. The molecule has 0 aromatic carbocycles. The molecule has 0 atom stereocenters. The standard InChI is InChI=1S/C12H15N5/c1-8(2)11-16-6-7-17(11)12-9(10(13)14)4-3-5-15-12/h3-8H,1-2H3,(H3,13,14). The van der Waals surface area contributed by atoms with Crippen molar-refractivity contribution in [2.45, 2.75) is 19.8 Å². The van der Waals surface area contributed by atoms with Crippen molar-refractivity contribution < 1.29 is 0 Å². The van der Waals surface area contributed by atoms with E-state index in [0.29, 0.717) is 11.4 Å². The predicted octanol–water partition coefficient (Wildman–Crippen LogP) is 1.67. The number of hydrogen-bond acceptors (Lipinski definition) is 3. The Labute approximate surface area is 99.8 Å². The zero-order valence-electron chi connectivity index (χ0n) is 9.88. The fourth-order valence-electron chi connectivity index (χ4n) is 1.72. The maximum Gasteiger partial charge on any atom is 0.149 e. The minimum Gasteiger partial charge on any atom is -0.384 e. The van der Waals surface area contributed by atoms with Crippen molar-refractivity contribution in [3.63, 3.8) is 0 Å². The van der Waals surface area contributed by atoms with Gasteiger partial charge in [0.25, 0.3) is 0 Å². The van der Waals surface area contributed by atoms with Crippen LogP contribution < -0.4 is 5.73 Å². The van der Waals surface area contributed by atoms with Crippen molar-refractivity contribution in [3.8, 4) is 5.82 Å². The van der Waals surface area contributed by atoms with Crippen LogP contribution >= 0.6 is 0 Å². The largest absolute Gasteiger partial charge is 0.384 e. The number of hydrogen-bond donors (Lipinski definition) is 2. The fraction of sp³-hybridized carbons (Fsp3) is 0.250. The first kappa shape index (κ1) is 11.3. The van der Waals surface area contributed by atoms with Gasteiger partial charge in [0.1, 0.15) is 17.5 Å². The molecule has 0 aliphatic carbocycles. The molecule has 0 aliphatic heterocycles. The third-order valence-corrected chi connectivity index (χ3v) is 2.49. The van der Waals surface area contributed by atoms with Gasteiger partial charge in [-0.1, -0.05) is 13.8 Å². The number of pyridine rings is 1. The van der Waals surface area contributed by atoms with Crippen LogP contribution in [-0.4, -0.2) is 20.4 Å². The van der Waals surface area contributed by atoms with Gasteiger partial charge in [0, 0.05) is 24.5 Å². The van der Waals surface area contributed by atoms with Gasteiger partial charge in [0.05, 0.1) is 5.56 Å². The van der Waals surface area contributed by atoms with Crippen LogP contribution in [0.5, 0.6) is 0 Å². The van der Waals surface area contributed by atoms with Crippen LogP contribution in [0.2, 0.25) is 0 Å². The lowest BCUT2D eigenvalue weighted by Crippen LogP contribution is -2.16. The molecule has 5 heteroatoms. The molecule has 2 aromatic rings. The highest BCUT2D eigenvalue weighted by Gasteiger charge is 2.13. The third kappa shape index (κ3) is 2.04. The number of nitrogens with two attached hydrogens (primary N) is 1. The molecule has 2 heterocycles. The van der Waals surface area contributed by atoms with E-state index in [1.54, 1.807) is 24.5 Å². The second-order valence-electron chi connectivity index (χ2n) is 4.10. The van der Waals surface area contributed by atoms with E-state index in [1.807, 2.05) is 10.8 Å². The van der Waals surface area contributed by atoms with Crippen LogP contribution in [0.1, 0.15) is 31.2 Å². The molecule has 0 fully saturated rings. The van der Waals surface area contributed by atoms with E-state index >= 15 is 0 Å². The number of amidine groups is 1. The zero-order valence-corrected chi connectivity index (χ0v) is 9.88. The van der Waals surface area contributed by atoms with Crippen LogP contribution in [0, 0.1) is 5.41 Å². The molecule has 2 aromatic heterocycles. The van der Waals surface area contributed by atoms with Crippen LogP contribution in [0.4, 0.5) is 0 Å². The van der Waals surface area contributed by atoms with Crippen molar-refractivity contribution >= 4 is 5.84 Å². The summed E-state index contributed by atoms with van der Waals surface area (Å²) in [4.78, 5) is 8.59. The van der Waals surface area contributed by atoms with Gasteiger partial charge in [-0.05, 0) is 12.1 Å². The Kier molecular flexibility index (Phi) is 2.91. The Morgan fingerprint density at radius 2 is 2.12 bits per heavy atom. The van der Waals surface area contributed by atoms with Crippen molar-refractivity contribution in [1.29, 1.82) is 5.41 Å². The Morgan fingerprint density at radius 1 is 1.35 bits per heavy atom. The summed E-state index contributed by atoms with van der Waals surface area (Å²) in [6.45, 7) is 4.13. The predicted molar refractivity (Wildman–Crippen MR) is 66.5 cm³/mol. The first-order valence-corrected chi connectivity index (χ1v) is 5.44. The minimum absolute atomic E-state index is 0.0107. The molecular weight excluding hydrogens is 214 g/mol. The van der Waals surface area contributed by atoms with E-state index in [1.165, 1.54) is 0 Å². The smallest absolute Gasteiger partial charge is 0.149 e. The number of nitrogen functional groups attached to an aromatic ring is 1. The molecule has 5 nitrogen and oxygen atoms in total. The lowest BCUT2D eigenvalue weighted by atomic mass is 10.2. The summed E-state index contributed by atoms with van der Waals surface area (Å²) in [5.41, 5.74) is 6.17. The maximum atomic E-state index is 7.56. The summed E-state index contributed by atoms with van der Waals surface area (Å²) in [6.07, 6.45) is 5.25. The van der Waals surface area contributed by atoms with E-state index in [4.69, 9.17) is 11.1 Å². The molecule has 0 radical (unpaired) electrons. The van der Waals surface area contributed by atoms with Gasteiger partial charge in [-0.3, -0.25) is 9.98 Å². The highest BCUT2D eigenvalue weighted by atomic mass is 15.1. The molecular formula is C12H15N5. The van der Waals surface area contributed by atoms with E-state index in [-0.39, 0.29) is 11.8 Å². The van der Waals surface area contributed by atoms with Crippen molar-refractivity contribution in [2.24, 2.45) is 5.73 Å². The Hall–Kier alpha value is -2.17. The lowest BCUT2D eigenvalue weighted by Gasteiger charge is -2.12. The fourth-order valence-corrected chi connectivity index (χ4v) is 1.72. The van der Waals surface area contributed by atoms with Crippen LogP contribution in [0.25, 0.3) is 5.82 Å². The summed E-state index contributed by atoms with van der Waals surface area (Å²) in [7, 11) is 0. The van der Waals surface area contributed by atoms with Gasteiger partial charge in [-0.2, -0.15) is 0 Å². The molecule has 0 saturated heterocycles. The average Bonchev–Trinajstić information content (AvgIpc) is 2.77. The molecule has 0 unspecified atom stereocenters. The molecule has 88 valence electrons. The average molecular weight is 229 g/mol. The quantitative estimate of drug-likeness (QED) is 0.620. The molecule has 2 rings (SSSR count). The minimum atomic E-state index is 0.0107. The monoisotopic (exact) mass is 229 g/mol. The number of nitrogens with one attached hydrogen (secondary N) is 1. The molecule has 0 spiro atoms. The Bertz CT molecular complexity index is 541. The number of nitrogens with zero attached hydrogens (tertiary/aromatic N) is 3. The van der Waals surface area contributed by atoms with Gasteiger partial charge in [-0.15, -0.1) is 0 Å². The summed E-state index contributed by atoms with van der Waals surface area (Å²) in [6, 6.07) is 3.56. The van der Waals surface area contributed by atoms with Gasteiger partial charge in [-0.25, -0.2) is 9.97 Å². The first-order chi connectivity index (χ1) is 8.11. The first-order valence-electron chi connectivity index (χ1n) is 5.44.